The van der Waals surface area contributed by atoms with Gasteiger partial charge in [-0.25, -0.2) is 0 Å². The van der Waals surface area contributed by atoms with Crippen molar-refractivity contribution >= 4 is 11.6 Å². The third-order valence-corrected chi connectivity index (χ3v) is 3.24. The number of anilines is 1. The van der Waals surface area contributed by atoms with Gasteiger partial charge in [0, 0.05) is 0 Å². The van der Waals surface area contributed by atoms with Crippen LogP contribution in [0.3, 0.4) is 0 Å². The zero-order valence-corrected chi connectivity index (χ0v) is 13.4. The zero-order chi connectivity index (χ0) is 18.4. The van der Waals surface area contributed by atoms with Crippen molar-refractivity contribution in [1.82, 2.24) is 0 Å². The molecular weight excluding hydrogens is 335 g/mol. The molecule has 0 amide bonds. The molecule has 0 spiro atoms. The zero-order valence-electron chi connectivity index (χ0n) is 13.4. The average Bonchev–Trinajstić information content (AvgIpc) is 2.53. The number of hydrogen-bond donors (Lipinski definition) is 3. The van der Waals surface area contributed by atoms with Crippen LogP contribution in [0.25, 0.3) is 0 Å². The Hall–Kier alpha value is -2.74. The Morgan fingerprint density at radius 3 is 2.64 bits per heavy atom. The molecule has 0 fully saturated rings. The van der Waals surface area contributed by atoms with Crippen molar-refractivity contribution in [2.24, 2.45) is 10.7 Å². The number of aliphatic imine (C=N–C) groups is 1. The summed E-state index contributed by atoms with van der Waals surface area (Å²) in [5, 5.41) is 12.6. The Bertz CT molecular complexity index is 748. The van der Waals surface area contributed by atoms with E-state index in [1.54, 1.807) is 6.07 Å². The Morgan fingerprint density at radius 2 is 1.96 bits per heavy atom. The van der Waals surface area contributed by atoms with Crippen molar-refractivity contribution in [3.63, 3.8) is 0 Å². The van der Waals surface area contributed by atoms with E-state index in [-0.39, 0.29) is 18.2 Å². The number of aryl methyl sites for hydroxylation is 1. The van der Waals surface area contributed by atoms with Gasteiger partial charge in [0.25, 0.3) is 0 Å². The first-order valence-electron chi connectivity index (χ1n) is 7.41. The number of rotatable bonds is 5. The van der Waals surface area contributed by atoms with Crippen LogP contribution in [-0.4, -0.2) is 24.0 Å². The molecule has 2 aromatic rings. The Morgan fingerprint density at radius 1 is 1.24 bits per heavy atom. The number of hydrogen-bond acceptors (Lipinski definition) is 3. The second-order valence-corrected chi connectivity index (χ2v) is 5.32. The van der Waals surface area contributed by atoms with E-state index in [2.05, 4.69) is 15.0 Å². The van der Waals surface area contributed by atoms with Crippen LogP contribution in [0.5, 0.6) is 5.75 Å². The van der Waals surface area contributed by atoms with E-state index in [0.717, 1.165) is 11.6 Å². The molecule has 1 unspecified atom stereocenters. The summed E-state index contributed by atoms with van der Waals surface area (Å²) >= 11 is 0. The molecule has 8 heteroatoms. The van der Waals surface area contributed by atoms with Gasteiger partial charge in [-0.1, -0.05) is 42.0 Å². The second kappa shape index (κ2) is 7.89. The van der Waals surface area contributed by atoms with E-state index in [0.29, 0.717) is 5.56 Å². The van der Waals surface area contributed by atoms with Crippen molar-refractivity contribution in [2.45, 2.75) is 19.4 Å². The number of halogens is 3. The number of nitrogens with one attached hydrogen (secondary N) is 1. The predicted octanol–water partition coefficient (Wildman–Crippen LogP) is 3.35. The molecule has 0 aliphatic rings. The normalized spacial score (nSPS) is 13.4. The number of nitrogens with two attached hydrogens (primary N) is 1. The maximum Gasteiger partial charge on any atom is 0.573 e. The highest BCUT2D eigenvalue weighted by atomic mass is 19.4. The molecule has 4 N–H and O–H groups in total. The molecule has 0 saturated carbocycles. The quantitative estimate of drug-likeness (QED) is 0.569. The second-order valence-electron chi connectivity index (χ2n) is 5.32. The van der Waals surface area contributed by atoms with Crippen molar-refractivity contribution in [2.75, 3.05) is 11.9 Å². The molecule has 1 atom stereocenters. The SMILES string of the molecule is Cc1cccc(C(O)CN=C(N)Nc2ccccc2OC(F)(F)F)c1. The van der Waals surface area contributed by atoms with Gasteiger partial charge in [0.2, 0.25) is 0 Å². The molecule has 2 aromatic carbocycles. The summed E-state index contributed by atoms with van der Waals surface area (Å²) < 4.78 is 41.1. The van der Waals surface area contributed by atoms with Crippen molar-refractivity contribution in [1.29, 1.82) is 0 Å². The van der Waals surface area contributed by atoms with E-state index >= 15 is 0 Å². The van der Waals surface area contributed by atoms with Crippen LogP contribution < -0.4 is 15.8 Å². The lowest BCUT2D eigenvalue weighted by molar-refractivity contribution is -0.274. The molecule has 0 bridgehead atoms. The lowest BCUT2D eigenvalue weighted by atomic mass is 10.1. The highest BCUT2D eigenvalue weighted by molar-refractivity contribution is 5.93. The van der Waals surface area contributed by atoms with Gasteiger partial charge in [-0.15, -0.1) is 13.2 Å². The number of benzene rings is 2. The Balaban J connectivity index is 2.04. The van der Waals surface area contributed by atoms with Crippen LogP contribution in [0.1, 0.15) is 17.2 Å². The van der Waals surface area contributed by atoms with Crippen molar-refractivity contribution in [3.05, 3.63) is 59.7 Å². The fraction of sp³-hybridized carbons (Fsp3) is 0.235. The van der Waals surface area contributed by atoms with Gasteiger partial charge in [0.05, 0.1) is 18.3 Å². The summed E-state index contributed by atoms with van der Waals surface area (Å²) in [5.74, 6) is -0.558. The molecular formula is C17H18F3N3O2. The number of alkyl halides is 3. The molecule has 0 aromatic heterocycles. The van der Waals surface area contributed by atoms with Gasteiger partial charge in [-0.2, -0.15) is 0 Å². The third kappa shape index (κ3) is 6.00. The minimum absolute atomic E-state index is 0.0196. The maximum absolute atomic E-state index is 12.4. The molecule has 134 valence electrons. The van der Waals surface area contributed by atoms with E-state index < -0.39 is 18.2 Å². The monoisotopic (exact) mass is 353 g/mol. The molecule has 2 rings (SSSR count). The van der Waals surface area contributed by atoms with Gasteiger partial charge in [-0.05, 0) is 24.6 Å². The standard InChI is InChI=1S/C17H18F3N3O2/c1-11-5-4-6-12(9-11)14(24)10-22-16(21)23-13-7-2-3-8-15(13)25-17(18,19)20/h2-9,14,24H,10H2,1H3,(H3,21,22,23). The molecule has 5 nitrogen and oxygen atoms in total. The first kappa shape index (κ1) is 18.6. The number of aliphatic hydroxyl groups is 1. The average molecular weight is 353 g/mol. The fourth-order valence-corrected chi connectivity index (χ4v) is 2.13. The smallest absolute Gasteiger partial charge is 0.404 e. The number of ether oxygens (including phenoxy) is 1. The molecule has 0 heterocycles. The summed E-state index contributed by atoms with van der Waals surface area (Å²) in [6.07, 6.45) is -5.69. The number of nitrogens with zero attached hydrogens (tertiary/aromatic N) is 1. The summed E-state index contributed by atoms with van der Waals surface area (Å²) in [5.41, 5.74) is 7.37. The van der Waals surface area contributed by atoms with Crippen LogP contribution in [0, 0.1) is 6.92 Å². The van der Waals surface area contributed by atoms with Crippen LogP contribution in [0.4, 0.5) is 18.9 Å². The van der Waals surface area contributed by atoms with E-state index in [1.165, 1.54) is 18.2 Å². The third-order valence-electron chi connectivity index (χ3n) is 3.24. The van der Waals surface area contributed by atoms with Gasteiger partial charge >= 0.3 is 6.36 Å². The van der Waals surface area contributed by atoms with Crippen LogP contribution in [0.2, 0.25) is 0 Å². The first-order chi connectivity index (χ1) is 11.7. The number of aliphatic hydroxyl groups excluding tert-OH is 1. The molecule has 0 radical (unpaired) electrons. The highest BCUT2D eigenvalue weighted by Crippen LogP contribution is 2.29. The minimum Gasteiger partial charge on any atom is -0.404 e. The largest absolute Gasteiger partial charge is 0.573 e. The van der Waals surface area contributed by atoms with E-state index in [1.807, 2.05) is 25.1 Å². The lowest BCUT2D eigenvalue weighted by Gasteiger charge is -2.14. The van der Waals surface area contributed by atoms with Crippen LogP contribution >= 0.6 is 0 Å². The van der Waals surface area contributed by atoms with Gasteiger partial charge < -0.3 is 20.9 Å². The fourth-order valence-electron chi connectivity index (χ4n) is 2.13. The number of guanidine groups is 1. The predicted molar refractivity (Wildman–Crippen MR) is 89.4 cm³/mol. The van der Waals surface area contributed by atoms with Gasteiger partial charge in [-0.3, -0.25) is 4.99 Å². The minimum atomic E-state index is -4.81. The summed E-state index contributed by atoms with van der Waals surface area (Å²) in [6, 6.07) is 12.7. The summed E-state index contributed by atoms with van der Waals surface area (Å²) in [6.45, 7) is 1.86. The number of para-hydroxylation sites is 2. The molecule has 0 aliphatic carbocycles. The lowest BCUT2D eigenvalue weighted by Crippen LogP contribution is -2.25. The maximum atomic E-state index is 12.4. The van der Waals surface area contributed by atoms with E-state index in [9.17, 15) is 18.3 Å². The van der Waals surface area contributed by atoms with Gasteiger partial charge in [0.15, 0.2) is 11.7 Å². The molecule has 25 heavy (non-hydrogen) atoms. The van der Waals surface area contributed by atoms with Crippen LogP contribution in [0.15, 0.2) is 53.5 Å². The van der Waals surface area contributed by atoms with Crippen molar-refractivity contribution in [3.8, 4) is 5.75 Å². The van der Waals surface area contributed by atoms with E-state index in [4.69, 9.17) is 5.73 Å². The first-order valence-corrected chi connectivity index (χ1v) is 7.41. The topological polar surface area (TPSA) is 79.9 Å². The molecule has 0 saturated heterocycles. The Labute approximate surface area is 143 Å². The summed E-state index contributed by atoms with van der Waals surface area (Å²) in [4.78, 5) is 3.96. The summed E-state index contributed by atoms with van der Waals surface area (Å²) in [7, 11) is 0. The Kier molecular flexibility index (Phi) is 5.87. The van der Waals surface area contributed by atoms with Crippen LogP contribution in [-0.2, 0) is 0 Å². The highest BCUT2D eigenvalue weighted by Gasteiger charge is 2.32. The van der Waals surface area contributed by atoms with Crippen molar-refractivity contribution < 1.29 is 23.0 Å². The van der Waals surface area contributed by atoms with Gasteiger partial charge in [0.1, 0.15) is 0 Å². The molecule has 0 aliphatic heterocycles.